The average Bonchev–Trinajstić information content (AvgIpc) is 2.23. The van der Waals surface area contributed by atoms with E-state index < -0.39 is 0 Å². The second-order valence-electron chi connectivity index (χ2n) is 3.17. The number of aromatic nitrogens is 1. The highest BCUT2D eigenvalue weighted by Crippen LogP contribution is 2.05. The van der Waals surface area contributed by atoms with Gasteiger partial charge in [0.25, 0.3) is 11.8 Å². The minimum Gasteiger partial charge on any atom is -0.0870 e. The maximum Gasteiger partial charge on any atom is 0.268 e. The molecule has 1 aromatic heterocycles. The van der Waals surface area contributed by atoms with Crippen molar-refractivity contribution < 1.29 is 4.09 Å². The zero-order valence-corrected chi connectivity index (χ0v) is 8.48. The van der Waals surface area contributed by atoms with Crippen molar-refractivity contribution in [2.75, 3.05) is 0 Å². The smallest absolute Gasteiger partial charge is 0.0870 e. The standard InChI is InChI=1S/C12H11ClN/c13-14-9-5-4-8-12(14)10-11-6-2-1-3-7-11/h1-9H,10H2/q+1. The lowest BCUT2D eigenvalue weighted by molar-refractivity contribution is -0.528. The van der Waals surface area contributed by atoms with E-state index in [-0.39, 0.29) is 0 Å². The monoisotopic (exact) mass is 204 g/mol. The average molecular weight is 205 g/mol. The second-order valence-corrected chi connectivity index (χ2v) is 3.53. The first kappa shape index (κ1) is 9.22. The second kappa shape index (κ2) is 4.25. The van der Waals surface area contributed by atoms with Crippen molar-refractivity contribution in [3.05, 3.63) is 66.0 Å². The van der Waals surface area contributed by atoms with Crippen LogP contribution in [0.25, 0.3) is 0 Å². The summed E-state index contributed by atoms with van der Waals surface area (Å²) in [5, 5.41) is 0. The quantitative estimate of drug-likeness (QED) is 0.708. The topological polar surface area (TPSA) is 3.88 Å². The minimum absolute atomic E-state index is 0.866. The molecule has 1 nitrogen and oxygen atoms in total. The molecule has 0 saturated carbocycles. The van der Waals surface area contributed by atoms with Crippen LogP contribution in [0.1, 0.15) is 11.3 Å². The molecule has 0 aliphatic rings. The van der Waals surface area contributed by atoms with Crippen LogP contribution in [0.4, 0.5) is 0 Å². The van der Waals surface area contributed by atoms with Gasteiger partial charge in [-0.3, -0.25) is 0 Å². The Bertz CT molecular complexity index is 412. The first-order valence-corrected chi connectivity index (χ1v) is 4.90. The Hall–Kier alpha value is -1.34. The van der Waals surface area contributed by atoms with Gasteiger partial charge in [-0.05, 0) is 11.6 Å². The highest BCUT2D eigenvalue weighted by molar-refractivity contribution is 6.04. The van der Waals surface area contributed by atoms with Gasteiger partial charge in [-0.1, -0.05) is 34.4 Å². The van der Waals surface area contributed by atoms with Gasteiger partial charge >= 0.3 is 0 Å². The van der Waals surface area contributed by atoms with Gasteiger partial charge in [-0.15, -0.1) is 0 Å². The summed E-state index contributed by atoms with van der Waals surface area (Å²) in [6, 6.07) is 16.2. The third-order valence-corrected chi connectivity index (χ3v) is 2.45. The first-order chi connectivity index (χ1) is 6.86. The van der Waals surface area contributed by atoms with Gasteiger partial charge in [0, 0.05) is 12.1 Å². The zero-order valence-electron chi connectivity index (χ0n) is 7.73. The summed E-state index contributed by atoms with van der Waals surface area (Å²) in [6.07, 6.45) is 2.71. The van der Waals surface area contributed by atoms with Crippen LogP contribution in [0.3, 0.4) is 0 Å². The number of halogens is 1. The summed E-state index contributed by atoms with van der Waals surface area (Å²) < 4.78 is 1.63. The summed E-state index contributed by atoms with van der Waals surface area (Å²) in [4.78, 5) is 0. The van der Waals surface area contributed by atoms with Gasteiger partial charge in [0.15, 0.2) is 6.20 Å². The van der Waals surface area contributed by atoms with Gasteiger partial charge in [0.1, 0.15) is 0 Å². The van der Waals surface area contributed by atoms with E-state index in [0.29, 0.717) is 0 Å². The SMILES string of the molecule is Cl[n+]1ccccc1Cc1ccccc1. The summed E-state index contributed by atoms with van der Waals surface area (Å²) in [5.74, 6) is 0. The van der Waals surface area contributed by atoms with Gasteiger partial charge in [0.2, 0.25) is 5.69 Å². The molecule has 0 aliphatic carbocycles. The van der Waals surface area contributed by atoms with Crippen molar-refractivity contribution in [2.45, 2.75) is 6.42 Å². The van der Waals surface area contributed by atoms with E-state index in [1.165, 1.54) is 5.56 Å². The zero-order chi connectivity index (χ0) is 9.80. The Morgan fingerprint density at radius 1 is 0.929 bits per heavy atom. The highest BCUT2D eigenvalue weighted by Gasteiger charge is 2.07. The fraction of sp³-hybridized carbons (Fsp3) is 0.0833. The first-order valence-electron chi connectivity index (χ1n) is 4.56. The fourth-order valence-corrected chi connectivity index (χ4v) is 1.58. The van der Waals surface area contributed by atoms with Crippen LogP contribution >= 0.6 is 11.8 Å². The normalized spacial score (nSPS) is 10.1. The van der Waals surface area contributed by atoms with Crippen LogP contribution in [0.5, 0.6) is 0 Å². The summed E-state index contributed by atoms with van der Waals surface area (Å²) in [5.41, 5.74) is 2.37. The summed E-state index contributed by atoms with van der Waals surface area (Å²) in [6.45, 7) is 0. The molecule has 0 bridgehead atoms. The van der Waals surface area contributed by atoms with Crippen molar-refractivity contribution in [1.82, 2.24) is 0 Å². The number of pyridine rings is 1. The Kier molecular flexibility index (Phi) is 2.80. The van der Waals surface area contributed by atoms with Crippen molar-refractivity contribution in [3.8, 4) is 0 Å². The van der Waals surface area contributed by atoms with Crippen LogP contribution in [0, 0.1) is 0 Å². The molecule has 0 aliphatic heterocycles. The highest BCUT2D eigenvalue weighted by atomic mass is 35.5. The predicted octanol–water partition coefficient (Wildman–Crippen LogP) is 2.57. The predicted molar refractivity (Wildman–Crippen MR) is 57.1 cm³/mol. The van der Waals surface area contributed by atoms with Crippen molar-refractivity contribution >= 4 is 11.8 Å². The third kappa shape index (κ3) is 2.12. The third-order valence-electron chi connectivity index (χ3n) is 2.12. The Morgan fingerprint density at radius 2 is 1.64 bits per heavy atom. The van der Waals surface area contributed by atoms with Gasteiger partial charge in [0.05, 0.1) is 6.42 Å². The van der Waals surface area contributed by atoms with E-state index in [1.807, 2.05) is 42.6 Å². The van der Waals surface area contributed by atoms with Gasteiger partial charge < -0.3 is 0 Å². The molecule has 0 radical (unpaired) electrons. The van der Waals surface area contributed by atoms with Crippen LogP contribution in [0.15, 0.2) is 54.7 Å². The van der Waals surface area contributed by atoms with Crippen LogP contribution in [-0.2, 0) is 6.42 Å². The van der Waals surface area contributed by atoms with E-state index in [0.717, 1.165) is 12.1 Å². The number of rotatable bonds is 2. The largest absolute Gasteiger partial charge is 0.268 e. The molecule has 1 aromatic carbocycles. The molecule has 0 fully saturated rings. The van der Waals surface area contributed by atoms with Crippen LogP contribution in [0.2, 0.25) is 0 Å². The molecule has 0 saturated heterocycles. The lowest BCUT2D eigenvalue weighted by Crippen LogP contribution is -2.25. The van der Waals surface area contributed by atoms with Crippen molar-refractivity contribution in [3.63, 3.8) is 0 Å². The van der Waals surface area contributed by atoms with Crippen LogP contribution in [-0.4, -0.2) is 0 Å². The molecule has 0 N–H and O–H groups in total. The molecule has 70 valence electrons. The van der Waals surface area contributed by atoms with Gasteiger partial charge in [-0.25, -0.2) is 0 Å². The maximum absolute atomic E-state index is 5.99. The van der Waals surface area contributed by atoms with E-state index in [4.69, 9.17) is 11.8 Å². The maximum atomic E-state index is 5.99. The molecular weight excluding hydrogens is 194 g/mol. The molecule has 0 spiro atoms. The molecule has 0 amide bonds. The molecule has 2 rings (SSSR count). The van der Waals surface area contributed by atoms with E-state index in [2.05, 4.69) is 12.1 Å². The van der Waals surface area contributed by atoms with E-state index >= 15 is 0 Å². The fourth-order valence-electron chi connectivity index (χ4n) is 1.40. The molecule has 0 unspecified atom stereocenters. The number of nitrogens with zero attached hydrogens (tertiary/aromatic N) is 1. The minimum atomic E-state index is 0.866. The number of hydrogen-bond donors (Lipinski definition) is 0. The Balaban J connectivity index is 2.24. The lowest BCUT2D eigenvalue weighted by atomic mass is 10.1. The summed E-state index contributed by atoms with van der Waals surface area (Å²) >= 11 is 5.99. The van der Waals surface area contributed by atoms with E-state index in [9.17, 15) is 0 Å². The molecule has 0 atom stereocenters. The molecule has 14 heavy (non-hydrogen) atoms. The number of hydrogen-bond acceptors (Lipinski definition) is 0. The number of benzene rings is 1. The molecule has 2 heteroatoms. The Morgan fingerprint density at radius 3 is 2.36 bits per heavy atom. The van der Waals surface area contributed by atoms with Gasteiger partial charge in [-0.2, -0.15) is 0 Å². The lowest BCUT2D eigenvalue weighted by Gasteiger charge is -1.97. The van der Waals surface area contributed by atoms with E-state index in [1.54, 1.807) is 4.09 Å². The summed E-state index contributed by atoms with van der Waals surface area (Å²) in [7, 11) is 0. The Labute approximate surface area is 88.7 Å². The van der Waals surface area contributed by atoms with Crippen LogP contribution < -0.4 is 4.09 Å². The molecular formula is C12H11ClN+. The molecule has 1 heterocycles. The van der Waals surface area contributed by atoms with Crippen molar-refractivity contribution in [2.24, 2.45) is 0 Å². The molecule has 2 aromatic rings. The van der Waals surface area contributed by atoms with Crippen molar-refractivity contribution in [1.29, 1.82) is 0 Å².